The van der Waals surface area contributed by atoms with Gasteiger partial charge in [-0.2, -0.15) is 0 Å². The van der Waals surface area contributed by atoms with Crippen LogP contribution >= 0.6 is 11.8 Å². The third-order valence-corrected chi connectivity index (χ3v) is 6.03. The zero-order chi connectivity index (χ0) is 22.7. The quantitative estimate of drug-likeness (QED) is 0.577. The lowest BCUT2D eigenvalue weighted by molar-refractivity contribution is 0.414. The summed E-state index contributed by atoms with van der Waals surface area (Å²) >= 11 is 1.27. The highest BCUT2D eigenvalue weighted by molar-refractivity contribution is 8.15. The number of hydrogen-bond donors (Lipinski definition) is 1. The van der Waals surface area contributed by atoms with E-state index < -0.39 is 0 Å². The first kappa shape index (κ1) is 21.4. The Labute approximate surface area is 189 Å². The summed E-state index contributed by atoms with van der Waals surface area (Å²) in [6.45, 7) is 3.70. The number of methoxy groups -OCH3 is 2. The number of ether oxygens (including phenoxy) is 2. The number of nitrogens with zero attached hydrogens (tertiary/aromatic N) is 4. The summed E-state index contributed by atoms with van der Waals surface area (Å²) in [7, 11) is 4.88. The number of aromatic nitrogens is 2. The molecule has 162 valence electrons. The Balaban J connectivity index is 1.78. The zero-order valence-electron chi connectivity index (χ0n) is 17.8. The standard InChI is InChI=1S/C23H21N5O3S/c1-24-21(27-14-5-9-16(30-3)10-6-14)18-19-20(32-22(18)25-2)23(29)28(13-26-19)15-7-11-17(31-4)12-8-15/h5-13,27H,1H2,2-4H3/b21-18+,25-22+. The SMILES string of the molecule is C=N/C(Nc1ccc(OC)cc1)=C1\C(=N/C)Sc2c1ncn(-c1ccc(OC)cc1)c2=O. The Kier molecular flexibility index (Phi) is 6.09. The van der Waals surface area contributed by atoms with E-state index in [-0.39, 0.29) is 5.56 Å². The predicted octanol–water partition coefficient (Wildman–Crippen LogP) is 3.87. The first-order valence-electron chi connectivity index (χ1n) is 9.63. The molecule has 0 unspecified atom stereocenters. The molecule has 8 nitrogen and oxygen atoms in total. The number of nitrogens with one attached hydrogen (secondary N) is 1. The van der Waals surface area contributed by atoms with Crippen molar-refractivity contribution in [2.45, 2.75) is 4.90 Å². The van der Waals surface area contributed by atoms with Crippen LogP contribution in [0.1, 0.15) is 5.69 Å². The second-order valence-corrected chi connectivity index (χ2v) is 7.66. The molecule has 1 aliphatic rings. The molecule has 0 fully saturated rings. The molecule has 0 saturated carbocycles. The van der Waals surface area contributed by atoms with Crippen LogP contribution in [0.5, 0.6) is 11.5 Å². The van der Waals surface area contributed by atoms with E-state index in [1.807, 2.05) is 24.3 Å². The summed E-state index contributed by atoms with van der Waals surface area (Å²) < 4.78 is 11.9. The Hall–Kier alpha value is -3.85. The summed E-state index contributed by atoms with van der Waals surface area (Å²) in [5.41, 5.74) is 2.46. The molecule has 32 heavy (non-hydrogen) atoms. The molecule has 0 amide bonds. The molecule has 0 aliphatic carbocycles. The van der Waals surface area contributed by atoms with Gasteiger partial charge < -0.3 is 14.8 Å². The summed E-state index contributed by atoms with van der Waals surface area (Å²) in [5, 5.41) is 3.88. The zero-order valence-corrected chi connectivity index (χ0v) is 18.6. The fraction of sp³-hybridized carbons (Fsp3) is 0.130. The van der Waals surface area contributed by atoms with Gasteiger partial charge >= 0.3 is 0 Å². The lowest BCUT2D eigenvalue weighted by Crippen LogP contribution is -2.21. The molecule has 0 radical (unpaired) electrons. The third kappa shape index (κ3) is 3.90. The van der Waals surface area contributed by atoms with Gasteiger partial charge in [0.15, 0.2) is 0 Å². The van der Waals surface area contributed by atoms with E-state index in [1.165, 1.54) is 22.7 Å². The fourth-order valence-electron chi connectivity index (χ4n) is 3.25. The Bertz CT molecular complexity index is 1280. The molecule has 0 atom stereocenters. The summed E-state index contributed by atoms with van der Waals surface area (Å²) in [5.74, 6) is 1.92. The molecule has 2 aromatic carbocycles. The van der Waals surface area contributed by atoms with Crippen LogP contribution in [0.15, 0.2) is 80.4 Å². The highest BCUT2D eigenvalue weighted by Gasteiger charge is 2.32. The summed E-state index contributed by atoms with van der Waals surface area (Å²) in [4.78, 5) is 26.9. The van der Waals surface area contributed by atoms with Crippen LogP contribution in [-0.4, -0.2) is 42.6 Å². The van der Waals surface area contributed by atoms with Crippen molar-refractivity contribution in [3.63, 3.8) is 0 Å². The topological polar surface area (TPSA) is 90.1 Å². The first-order valence-corrected chi connectivity index (χ1v) is 10.4. The molecule has 0 saturated heterocycles. The van der Waals surface area contributed by atoms with E-state index in [0.717, 1.165) is 11.4 Å². The molecule has 1 N–H and O–H groups in total. The average molecular weight is 448 g/mol. The van der Waals surface area contributed by atoms with Crippen LogP contribution in [0.2, 0.25) is 0 Å². The van der Waals surface area contributed by atoms with E-state index >= 15 is 0 Å². The number of rotatable bonds is 6. The number of fused-ring (bicyclic) bond motifs is 1. The Morgan fingerprint density at radius 1 is 1.06 bits per heavy atom. The van der Waals surface area contributed by atoms with Gasteiger partial charge in [-0.25, -0.2) is 9.98 Å². The Morgan fingerprint density at radius 2 is 1.69 bits per heavy atom. The van der Waals surface area contributed by atoms with Gasteiger partial charge in [0.05, 0.1) is 31.2 Å². The van der Waals surface area contributed by atoms with Crippen LogP contribution < -0.4 is 20.3 Å². The van der Waals surface area contributed by atoms with E-state index in [1.54, 1.807) is 45.5 Å². The molecule has 1 aliphatic heterocycles. The van der Waals surface area contributed by atoms with Crippen LogP contribution in [0.25, 0.3) is 11.3 Å². The smallest absolute Gasteiger partial charge is 0.272 e. The molecule has 9 heteroatoms. The second-order valence-electron chi connectivity index (χ2n) is 6.66. The van der Waals surface area contributed by atoms with E-state index in [2.05, 4.69) is 27.0 Å². The molecule has 4 rings (SSSR count). The van der Waals surface area contributed by atoms with Gasteiger partial charge in [0.25, 0.3) is 5.56 Å². The number of hydrogen-bond acceptors (Lipinski definition) is 8. The predicted molar refractivity (Wildman–Crippen MR) is 129 cm³/mol. The lowest BCUT2D eigenvalue weighted by Gasteiger charge is -2.11. The minimum Gasteiger partial charge on any atom is -0.497 e. The summed E-state index contributed by atoms with van der Waals surface area (Å²) in [6, 6.07) is 14.6. The maximum absolute atomic E-state index is 13.3. The van der Waals surface area contributed by atoms with Crippen LogP contribution in [0, 0.1) is 0 Å². The van der Waals surface area contributed by atoms with Crippen molar-refractivity contribution in [2.75, 3.05) is 26.6 Å². The largest absolute Gasteiger partial charge is 0.497 e. The maximum Gasteiger partial charge on any atom is 0.272 e. The van der Waals surface area contributed by atoms with Crippen molar-refractivity contribution in [3.8, 4) is 17.2 Å². The van der Waals surface area contributed by atoms with Gasteiger partial charge in [0.1, 0.15) is 33.6 Å². The first-order chi connectivity index (χ1) is 15.6. The lowest BCUT2D eigenvalue weighted by atomic mass is 10.2. The average Bonchev–Trinajstić information content (AvgIpc) is 3.23. The van der Waals surface area contributed by atoms with Gasteiger partial charge in [-0.05, 0) is 55.2 Å². The Morgan fingerprint density at radius 3 is 2.25 bits per heavy atom. The van der Waals surface area contributed by atoms with Gasteiger partial charge in [0, 0.05) is 12.7 Å². The van der Waals surface area contributed by atoms with Gasteiger partial charge in [-0.15, -0.1) is 0 Å². The molecule has 0 spiro atoms. The summed E-state index contributed by atoms with van der Waals surface area (Å²) in [6.07, 6.45) is 1.51. The molecule has 3 aromatic rings. The van der Waals surface area contributed by atoms with Gasteiger partial charge in [0.2, 0.25) is 0 Å². The van der Waals surface area contributed by atoms with E-state index in [4.69, 9.17) is 9.47 Å². The highest BCUT2D eigenvalue weighted by Crippen LogP contribution is 2.40. The van der Waals surface area contributed by atoms with E-state index in [0.29, 0.717) is 38.5 Å². The normalized spacial score (nSPS) is 15.3. The number of aliphatic imine (C=N–C) groups is 2. The molecule has 2 heterocycles. The van der Waals surface area contributed by atoms with Crippen LogP contribution in [0.4, 0.5) is 5.69 Å². The molecule has 1 aromatic heterocycles. The van der Waals surface area contributed by atoms with Crippen molar-refractivity contribution in [3.05, 3.63) is 76.7 Å². The molecular formula is C23H21N5O3S. The monoisotopic (exact) mass is 447 g/mol. The minimum atomic E-state index is -0.186. The van der Waals surface area contributed by atoms with Crippen molar-refractivity contribution in [2.24, 2.45) is 9.98 Å². The number of benzene rings is 2. The molecule has 0 bridgehead atoms. The van der Waals surface area contributed by atoms with Crippen molar-refractivity contribution in [1.29, 1.82) is 0 Å². The minimum absolute atomic E-state index is 0.186. The second kappa shape index (κ2) is 9.11. The van der Waals surface area contributed by atoms with Crippen LogP contribution in [0.3, 0.4) is 0 Å². The number of anilines is 1. The van der Waals surface area contributed by atoms with Gasteiger partial charge in [-0.3, -0.25) is 14.4 Å². The van der Waals surface area contributed by atoms with E-state index in [9.17, 15) is 4.79 Å². The van der Waals surface area contributed by atoms with Crippen molar-refractivity contribution in [1.82, 2.24) is 9.55 Å². The maximum atomic E-state index is 13.3. The molecular weight excluding hydrogens is 426 g/mol. The van der Waals surface area contributed by atoms with Gasteiger partial charge in [-0.1, -0.05) is 11.8 Å². The number of thioether (sulfide) groups is 1. The fourth-order valence-corrected chi connectivity index (χ4v) is 4.26. The van der Waals surface area contributed by atoms with Crippen LogP contribution in [-0.2, 0) is 0 Å². The third-order valence-electron chi connectivity index (χ3n) is 4.88. The highest BCUT2D eigenvalue weighted by atomic mass is 32.2. The van der Waals surface area contributed by atoms with Crippen molar-refractivity contribution >= 4 is 34.8 Å². The van der Waals surface area contributed by atoms with Crippen molar-refractivity contribution < 1.29 is 9.47 Å².